The Balaban J connectivity index is 3.30. The normalized spacial score (nSPS) is 14.2. The van der Waals surface area contributed by atoms with Crippen LogP contribution in [0.4, 0.5) is 4.39 Å². The average Bonchev–Trinajstić information content (AvgIpc) is 2.13. The van der Waals surface area contributed by atoms with E-state index in [1.165, 1.54) is 19.3 Å². The molecule has 92 valence electrons. The van der Waals surface area contributed by atoms with Gasteiger partial charge in [-0.25, -0.2) is 4.39 Å². The maximum absolute atomic E-state index is 13.3. The molecule has 0 aliphatic heterocycles. The average molecular weight is 294 g/mol. The van der Waals surface area contributed by atoms with E-state index in [1.54, 1.807) is 0 Å². The lowest BCUT2D eigenvalue weighted by atomic mass is 10.1. The molecule has 0 fully saturated rings. The maximum atomic E-state index is 13.3. The van der Waals surface area contributed by atoms with Gasteiger partial charge in [0.2, 0.25) is 0 Å². The Labute approximate surface area is 108 Å². The molecule has 0 saturated heterocycles. The second-order valence-corrected chi connectivity index (χ2v) is 13.2. The summed E-state index contributed by atoms with van der Waals surface area (Å²) in [5.74, 6) is 0. The molecule has 0 aromatic heterocycles. The maximum Gasteiger partial charge on any atom is 0.341 e. The highest BCUT2D eigenvalue weighted by molar-refractivity contribution is 7.64. The summed E-state index contributed by atoms with van der Waals surface area (Å²) in [6, 6.07) is -2.17. The van der Waals surface area contributed by atoms with E-state index in [4.69, 9.17) is 33.2 Å². The fourth-order valence-corrected chi connectivity index (χ4v) is 3.06. The van der Waals surface area contributed by atoms with Crippen molar-refractivity contribution in [3.8, 4) is 0 Å². The van der Waals surface area contributed by atoms with Crippen molar-refractivity contribution < 1.29 is 4.39 Å². The van der Waals surface area contributed by atoms with Gasteiger partial charge in [-0.05, 0) is 18.9 Å². The number of rotatable bonds is 9. The van der Waals surface area contributed by atoms with Gasteiger partial charge in [0.15, 0.2) is 0 Å². The van der Waals surface area contributed by atoms with E-state index < -0.39 is 12.2 Å². The molecule has 5 heteroatoms. The molecular weight excluding hydrogens is 274 g/mol. The van der Waals surface area contributed by atoms with Crippen LogP contribution in [-0.2, 0) is 0 Å². The quantitative estimate of drug-likeness (QED) is 0.289. The summed E-state index contributed by atoms with van der Waals surface area (Å²) >= 11 is 17.0. The second kappa shape index (κ2) is 9.09. The fraction of sp³-hybridized carbons (Fsp3) is 1.00. The summed E-state index contributed by atoms with van der Waals surface area (Å²) in [5, 5.41) is 0. The van der Waals surface area contributed by atoms with Crippen LogP contribution >= 0.6 is 33.2 Å². The molecule has 0 rings (SSSR count). The molecule has 0 aromatic rings. The van der Waals surface area contributed by atoms with Gasteiger partial charge in [0.05, 0.1) is 6.17 Å². The Morgan fingerprint density at radius 3 is 2.13 bits per heavy atom. The SMILES string of the molecule is CCCCCCCC(F)CC[Si](Cl)(Cl)Cl. The summed E-state index contributed by atoms with van der Waals surface area (Å²) in [4.78, 5) is 0. The molecule has 0 aliphatic rings. The molecule has 0 radical (unpaired) electrons. The summed E-state index contributed by atoms with van der Waals surface area (Å²) in [6.07, 6.45) is 6.02. The van der Waals surface area contributed by atoms with Crippen LogP contribution in [0, 0.1) is 0 Å². The van der Waals surface area contributed by atoms with Gasteiger partial charge in [0.1, 0.15) is 0 Å². The van der Waals surface area contributed by atoms with Gasteiger partial charge < -0.3 is 0 Å². The Hall–Kier alpha value is 1.02. The van der Waals surface area contributed by atoms with Crippen LogP contribution in [0.3, 0.4) is 0 Å². The third-order valence-corrected chi connectivity index (χ3v) is 4.92. The molecule has 0 N–H and O–H groups in total. The molecule has 0 amide bonds. The zero-order chi connectivity index (χ0) is 11.7. The minimum absolute atomic E-state index is 0.413. The Bertz CT molecular complexity index is 150. The third-order valence-electron chi connectivity index (χ3n) is 2.36. The molecule has 0 aromatic carbocycles. The molecular formula is C10H20Cl3FSi. The van der Waals surface area contributed by atoms with Gasteiger partial charge in [-0.15, -0.1) is 33.2 Å². The van der Waals surface area contributed by atoms with E-state index in [0.29, 0.717) is 18.9 Å². The zero-order valence-corrected chi connectivity index (χ0v) is 12.5. The molecule has 0 aliphatic carbocycles. The van der Waals surface area contributed by atoms with Gasteiger partial charge >= 0.3 is 6.00 Å². The second-order valence-electron chi connectivity index (χ2n) is 3.95. The highest BCUT2D eigenvalue weighted by atomic mass is 35.8. The van der Waals surface area contributed by atoms with Gasteiger partial charge in [0.25, 0.3) is 0 Å². The highest BCUT2D eigenvalue weighted by Gasteiger charge is 2.25. The Kier molecular flexibility index (Phi) is 9.71. The van der Waals surface area contributed by atoms with Crippen LogP contribution in [0.25, 0.3) is 0 Å². The van der Waals surface area contributed by atoms with Gasteiger partial charge in [-0.3, -0.25) is 0 Å². The lowest BCUT2D eigenvalue weighted by Gasteiger charge is -2.11. The first-order chi connectivity index (χ1) is 6.95. The monoisotopic (exact) mass is 292 g/mol. The smallest absolute Gasteiger partial charge is 0.248 e. The van der Waals surface area contributed by atoms with Crippen molar-refractivity contribution in [2.24, 2.45) is 0 Å². The number of unbranched alkanes of at least 4 members (excludes halogenated alkanes) is 4. The van der Waals surface area contributed by atoms with Crippen LogP contribution in [-0.4, -0.2) is 12.2 Å². The van der Waals surface area contributed by atoms with Crippen LogP contribution in [0.15, 0.2) is 0 Å². The van der Waals surface area contributed by atoms with E-state index in [2.05, 4.69) is 6.92 Å². The van der Waals surface area contributed by atoms with Crippen molar-refractivity contribution in [1.29, 1.82) is 0 Å². The van der Waals surface area contributed by atoms with Gasteiger partial charge in [-0.2, -0.15) is 0 Å². The Morgan fingerprint density at radius 1 is 1.00 bits per heavy atom. The lowest BCUT2D eigenvalue weighted by molar-refractivity contribution is 0.296. The van der Waals surface area contributed by atoms with Gasteiger partial charge in [0, 0.05) is 0 Å². The molecule has 0 nitrogen and oxygen atoms in total. The fourth-order valence-electron chi connectivity index (χ4n) is 1.43. The molecule has 1 atom stereocenters. The largest absolute Gasteiger partial charge is 0.341 e. The first-order valence-corrected chi connectivity index (χ1v) is 10.9. The molecule has 0 spiro atoms. The van der Waals surface area contributed by atoms with Crippen LogP contribution < -0.4 is 0 Å². The Morgan fingerprint density at radius 2 is 1.60 bits per heavy atom. The van der Waals surface area contributed by atoms with Crippen molar-refractivity contribution in [3.63, 3.8) is 0 Å². The molecule has 0 saturated carbocycles. The predicted molar refractivity (Wildman–Crippen MR) is 71.0 cm³/mol. The van der Waals surface area contributed by atoms with Crippen molar-refractivity contribution >= 4 is 39.2 Å². The van der Waals surface area contributed by atoms with Crippen LogP contribution in [0.1, 0.15) is 51.9 Å². The molecule has 0 bridgehead atoms. The summed E-state index contributed by atoms with van der Waals surface area (Å²) in [6.45, 7) is 2.17. The van der Waals surface area contributed by atoms with E-state index in [-0.39, 0.29) is 0 Å². The van der Waals surface area contributed by atoms with Crippen LogP contribution in [0.5, 0.6) is 0 Å². The minimum Gasteiger partial charge on any atom is -0.248 e. The zero-order valence-electron chi connectivity index (χ0n) is 9.25. The summed E-state index contributed by atoms with van der Waals surface area (Å²) in [7, 11) is 0. The number of alkyl halides is 1. The standard InChI is InChI=1S/C10H20Cl3FSi/c1-2-3-4-5-6-7-10(14)8-9-15(11,12)13/h10H,2-9H2,1H3. The third kappa shape index (κ3) is 13.0. The topological polar surface area (TPSA) is 0 Å². The summed E-state index contributed by atoms with van der Waals surface area (Å²) < 4.78 is 13.3. The highest BCUT2D eigenvalue weighted by Crippen LogP contribution is 2.28. The van der Waals surface area contributed by atoms with E-state index in [1.807, 2.05) is 0 Å². The first kappa shape index (κ1) is 16.0. The molecule has 15 heavy (non-hydrogen) atoms. The minimum atomic E-state index is -2.60. The molecule has 0 heterocycles. The van der Waals surface area contributed by atoms with Crippen molar-refractivity contribution in [3.05, 3.63) is 0 Å². The van der Waals surface area contributed by atoms with Crippen molar-refractivity contribution in [2.45, 2.75) is 64.1 Å². The van der Waals surface area contributed by atoms with Gasteiger partial charge in [-0.1, -0.05) is 39.0 Å². The first-order valence-electron chi connectivity index (χ1n) is 5.66. The number of hydrogen-bond acceptors (Lipinski definition) is 0. The summed E-state index contributed by atoms with van der Waals surface area (Å²) in [5.41, 5.74) is 0. The van der Waals surface area contributed by atoms with Crippen molar-refractivity contribution in [1.82, 2.24) is 0 Å². The number of hydrogen-bond donors (Lipinski definition) is 0. The van der Waals surface area contributed by atoms with E-state index in [0.717, 1.165) is 12.8 Å². The van der Waals surface area contributed by atoms with E-state index in [9.17, 15) is 4.39 Å². The lowest BCUT2D eigenvalue weighted by Crippen LogP contribution is -2.12. The van der Waals surface area contributed by atoms with Crippen LogP contribution in [0.2, 0.25) is 6.04 Å². The van der Waals surface area contributed by atoms with E-state index >= 15 is 0 Å². The van der Waals surface area contributed by atoms with Crippen molar-refractivity contribution in [2.75, 3.05) is 0 Å². The molecule has 1 unspecified atom stereocenters. The predicted octanol–water partition coefficient (Wildman–Crippen LogP) is 5.73. The number of halogens is 4.